The van der Waals surface area contributed by atoms with E-state index in [2.05, 4.69) is 10.2 Å². The number of hydrogen-bond acceptors (Lipinski definition) is 3. The summed E-state index contributed by atoms with van der Waals surface area (Å²) in [4.78, 5) is 25.5. The molecule has 0 spiro atoms. The summed E-state index contributed by atoms with van der Waals surface area (Å²) in [5, 5.41) is 12.6. The first-order valence-corrected chi connectivity index (χ1v) is 9.00. The molecule has 1 aliphatic rings. The topological polar surface area (TPSA) is 69.6 Å². The van der Waals surface area contributed by atoms with Crippen LogP contribution in [-0.4, -0.2) is 35.0 Å². The van der Waals surface area contributed by atoms with Gasteiger partial charge in [0.05, 0.1) is 5.92 Å². The van der Waals surface area contributed by atoms with E-state index in [0.29, 0.717) is 35.7 Å². The Morgan fingerprint density at radius 3 is 2.46 bits per heavy atom. The van der Waals surface area contributed by atoms with E-state index < -0.39 is 5.97 Å². The Balaban J connectivity index is 1.65. The molecule has 0 aromatic heterocycles. The van der Waals surface area contributed by atoms with Crippen LogP contribution in [0.15, 0.2) is 48.5 Å². The second-order valence-electron chi connectivity index (χ2n) is 6.51. The zero-order chi connectivity index (χ0) is 18.5. The molecule has 0 radical (unpaired) electrons. The van der Waals surface area contributed by atoms with E-state index >= 15 is 0 Å². The third-order valence-electron chi connectivity index (χ3n) is 4.67. The molecular formula is C20H21ClN2O3. The van der Waals surface area contributed by atoms with Crippen LogP contribution in [0.1, 0.15) is 28.8 Å². The standard InChI is InChI=1S/C20H21ClN2O3/c21-18-7-6-17(22-19(24)14-4-2-1-3-5-14)12-16(18)13-23-10-8-15(9-11-23)20(25)26/h1-7,12,15H,8-11,13H2,(H,22,24)(H,25,26). The SMILES string of the molecule is O=C(Nc1ccc(Cl)c(CN2CCC(C(=O)O)CC2)c1)c1ccccc1. The summed E-state index contributed by atoms with van der Waals surface area (Å²) in [7, 11) is 0. The molecule has 2 N–H and O–H groups in total. The van der Waals surface area contributed by atoms with E-state index in [-0.39, 0.29) is 11.8 Å². The molecule has 6 heteroatoms. The minimum absolute atomic E-state index is 0.166. The highest BCUT2D eigenvalue weighted by molar-refractivity contribution is 6.31. The van der Waals surface area contributed by atoms with Gasteiger partial charge in [0, 0.05) is 22.8 Å². The van der Waals surface area contributed by atoms with Crippen molar-refractivity contribution in [3.8, 4) is 0 Å². The Morgan fingerprint density at radius 2 is 1.81 bits per heavy atom. The maximum atomic E-state index is 12.3. The summed E-state index contributed by atoms with van der Waals surface area (Å²) in [5.74, 6) is -1.13. The van der Waals surface area contributed by atoms with Crippen molar-refractivity contribution in [1.29, 1.82) is 0 Å². The average molecular weight is 373 g/mol. The van der Waals surface area contributed by atoms with Gasteiger partial charge in [0.15, 0.2) is 0 Å². The quantitative estimate of drug-likeness (QED) is 0.835. The number of anilines is 1. The molecule has 2 aromatic carbocycles. The molecule has 5 nitrogen and oxygen atoms in total. The van der Waals surface area contributed by atoms with E-state index in [1.165, 1.54) is 0 Å². The Kier molecular flexibility index (Phi) is 5.91. The van der Waals surface area contributed by atoms with Crippen molar-refractivity contribution >= 4 is 29.2 Å². The normalized spacial score (nSPS) is 15.6. The van der Waals surface area contributed by atoms with Gasteiger partial charge in [-0.2, -0.15) is 0 Å². The number of piperidine rings is 1. The molecule has 26 heavy (non-hydrogen) atoms. The van der Waals surface area contributed by atoms with Gasteiger partial charge >= 0.3 is 5.97 Å². The van der Waals surface area contributed by atoms with Crippen molar-refractivity contribution in [2.45, 2.75) is 19.4 Å². The van der Waals surface area contributed by atoms with Gasteiger partial charge in [-0.1, -0.05) is 29.8 Å². The Bertz CT molecular complexity index is 787. The van der Waals surface area contributed by atoms with Gasteiger partial charge in [0.1, 0.15) is 0 Å². The first kappa shape index (κ1) is 18.4. The lowest BCUT2D eigenvalue weighted by atomic mass is 9.97. The van der Waals surface area contributed by atoms with Gasteiger partial charge in [0.2, 0.25) is 0 Å². The number of rotatable bonds is 5. The van der Waals surface area contributed by atoms with Gasteiger partial charge in [0.25, 0.3) is 5.91 Å². The molecule has 0 bridgehead atoms. The molecular weight excluding hydrogens is 352 g/mol. The first-order valence-electron chi connectivity index (χ1n) is 8.63. The Morgan fingerprint density at radius 1 is 1.12 bits per heavy atom. The number of aliphatic carboxylic acids is 1. The number of carboxylic acids is 1. The second-order valence-corrected chi connectivity index (χ2v) is 6.92. The number of nitrogens with zero attached hydrogens (tertiary/aromatic N) is 1. The van der Waals surface area contributed by atoms with Crippen molar-refractivity contribution in [3.63, 3.8) is 0 Å². The van der Waals surface area contributed by atoms with Gasteiger partial charge in [-0.05, 0) is 61.8 Å². The van der Waals surface area contributed by atoms with Crippen LogP contribution in [0, 0.1) is 5.92 Å². The molecule has 1 fully saturated rings. The Labute approximate surface area is 157 Å². The number of carbonyl (C=O) groups excluding carboxylic acids is 1. The molecule has 136 valence electrons. The summed E-state index contributed by atoms with van der Waals surface area (Å²) >= 11 is 6.31. The van der Waals surface area contributed by atoms with E-state index in [1.807, 2.05) is 24.3 Å². The fourth-order valence-electron chi connectivity index (χ4n) is 3.15. The molecule has 1 amide bonds. The van der Waals surface area contributed by atoms with Gasteiger partial charge < -0.3 is 10.4 Å². The number of carbonyl (C=O) groups is 2. The van der Waals surface area contributed by atoms with Crippen LogP contribution in [-0.2, 0) is 11.3 Å². The number of benzene rings is 2. The first-order chi connectivity index (χ1) is 12.5. The molecule has 0 saturated carbocycles. The molecule has 0 atom stereocenters. The van der Waals surface area contributed by atoms with Gasteiger partial charge in [-0.3, -0.25) is 14.5 Å². The van der Waals surface area contributed by atoms with Crippen LogP contribution < -0.4 is 5.32 Å². The predicted octanol–water partition coefficient (Wildman–Crippen LogP) is 3.89. The van der Waals surface area contributed by atoms with E-state index in [4.69, 9.17) is 16.7 Å². The smallest absolute Gasteiger partial charge is 0.306 e. The monoisotopic (exact) mass is 372 g/mol. The maximum Gasteiger partial charge on any atom is 0.306 e. The molecule has 2 aromatic rings. The largest absolute Gasteiger partial charge is 0.481 e. The van der Waals surface area contributed by atoms with Gasteiger partial charge in [-0.25, -0.2) is 0 Å². The third kappa shape index (κ3) is 4.62. The van der Waals surface area contributed by atoms with Crippen molar-refractivity contribution in [2.75, 3.05) is 18.4 Å². The van der Waals surface area contributed by atoms with Crippen LogP contribution in [0.4, 0.5) is 5.69 Å². The maximum absolute atomic E-state index is 12.3. The van der Waals surface area contributed by atoms with Crippen molar-refractivity contribution in [2.24, 2.45) is 5.92 Å². The lowest BCUT2D eigenvalue weighted by Gasteiger charge is -2.30. The summed E-state index contributed by atoms with van der Waals surface area (Å²) in [6.45, 7) is 2.10. The number of carboxylic acid groups (broad SMARTS) is 1. The summed E-state index contributed by atoms with van der Waals surface area (Å²) in [5.41, 5.74) is 2.21. The van der Waals surface area contributed by atoms with Crippen LogP contribution in [0.5, 0.6) is 0 Å². The minimum Gasteiger partial charge on any atom is -0.481 e. The summed E-state index contributed by atoms with van der Waals surface area (Å²) < 4.78 is 0. The number of amides is 1. The van der Waals surface area contributed by atoms with Crippen molar-refractivity contribution in [1.82, 2.24) is 4.90 Å². The van der Waals surface area contributed by atoms with E-state index in [1.54, 1.807) is 24.3 Å². The number of nitrogens with one attached hydrogen (secondary N) is 1. The molecule has 1 heterocycles. The summed E-state index contributed by atoms with van der Waals surface area (Å²) in [6, 6.07) is 14.5. The molecule has 1 aliphatic heterocycles. The van der Waals surface area contributed by atoms with Crippen LogP contribution in [0.3, 0.4) is 0 Å². The lowest BCUT2D eigenvalue weighted by molar-refractivity contribution is -0.143. The van der Waals surface area contributed by atoms with Crippen LogP contribution in [0.25, 0.3) is 0 Å². The highest BCUT2D eigenvalue weighted by Crippen LogP contribution is 2.25. The zero-order valence-corrected chi connectivity index (χ0v) is 15.1. The molecule has 0 aliphatic carbocycles. The van der Waals surface area contributed by atoms with Crippen LogP contribution >= 0.6 is 11.6 Å². The fourth-order valence-corrected chi connectivity index (χ4v) is 3.32. The fraction of sp³-hybridized carbons (Fsp3) is 0.300. The predicted molar refractivity (Wildman–Crippen MR) is 101 cm³/mol. The summed E-state index contributed by atoms with van der Waals surface area (Å²) in [6.07, 6.45) is 1.30. The number of halogens is 1. The number of hydrogen-bond donors (Lipinski definition) is 2. The highest BCUT2D eigenvalue weighted by atomic mass is 35.5. The van der Waals surface area contributed by atoms with E-state index in [0.717, 1.165) is 18.7 Å². The highest BCUT2D eigenvalue weighted by Gasteiger charge is 2.24. The zero-order valence-electron chi connectivity index (χ0n) is 14.3. The van der Waals surface area contributed by atoms with Gasteiger partial charge in [-0.15, -0.1) is 0 Å². The lowest BCUT2D eigenvalue weighted by Crippen LogP contribution is -2.35. The van der Waals surface area contributed by atoms with Crippen LogP contribution in [0.2, 0.25) is 5.02 Å². The van der Waals surface area contributed by atoms with Crippen molar-refractivity contribution in [3.05, 3.63) is 64.7 Å². The van der Waals surface area contributed by atoms with E-state index in [9.17, 15) is 9.59 Å². The molecule has 3 rings (SSSR count). The third-order valence-corrected chi connectivity index (χ3v) is 5.04. The average Bonchev–Trinajstić information content (AvgIpc) is 2.65. The Hall–Kier alpha value is -2.37. The molecule has 1 saturated heterocycles. The minimum atomic E-state index is -0.715. The molecule has 0 unspecified atom stereocenters. The second kappa shape index (κ2) is 8.34. The van der Waals surface area contributed by atoms with Crippen molar-refractivity contribution < 1.29 is 14.7 Å². The number of likely N-dealkylation sites (tertiary alicyclic amines) is 1.